The number of para-hydroxylation sites is 1. The van der Waals surface area contributed by atoms with Crippen molar-refractivity contribution in [2.75, 3.05) is 14.2 Å². The van der Waals surface area contributed by atoms with Crippen LogP contribution in [-0.2, 0) is 4.74 Å². The van der Waals surface area contributed by atoms with Gasteiger partial charge in [0.15, 0.2) is 5.78 Å². The lowest BCUT2D eigenvalue weighted by Gasteiger charge is -2.04. The Bertz CT molecular complexity index is 699. The molecular formula is C18H16O4. The number of allylic oxidation sites excluding steroid dienone is 1. The minimum absolute atomic E-state index is 0.144. The van der Waals surface area contributed by atoms with Crippen molar-refractivity contribution in [3.05, 3.63) is 71.3 Å². The lowest BCUT2D eigenvalue weighted by Crippen LogP contribution is -2.00. The Morgan fingerprint density at radius 3 is 2.27 bits per heavy atom. The van der Waals surface area contributed by atoms with Crippen LogP contribution in [0.3, 0.4) is 0 Å². The van der Waals surface area contributed by atoms with E-state index in [0.717, 1.165) is 5.56 Å². The van der Waals surface area contributed by atoms with Gasteiger partial charge in [-0.2, -0.15) is 0 Å². The van der Waals surface area contributed by atoms with Crippen molar-refractivity contribution in [1.82, 2.24) is 0 Å². The molecule has 4 heteroatoms. The first-order chi connectivity index (χ1) is 10.7. The molecule has 0 amide bonds. The van der Waals surface area contributed by atoms with Gasteiger partial charge in [0.05, 0.1) is 25.3 Å². The number of carbonyl (C=O) groups is 2. The molecule has 0 saturated heterocycles. The second kappa shape index (κ2) is 7.22. The Labute approximate surface area is 129 Å². The fraction of sp³-hybridized carbons (Fsp3) is 0.111. The van der Waals surface area contributed by atoms with Gasteiger partial charge in [0.25, 0.3) is 0 Å². The Hall–Kier alpha value is -2.88. The molecule has 0 saturated carbocycles. The fourth-order valence-electron chi connectivity index (χ4n) is 1.96. The molecule has 22 heavy (non-hydrogen) atoms. The Balaban J connectivity index is 2.14. The summed E-state index contributed by atoms with van der Waals surface area (Å²) < 4.78 is 9.80. The first-order valence-corrected chi connectivity index (χ1v) is 6.69. The maximum absolute atomic E-state index is 12.2. The van der Waals surface area contributed by atoms with Gasteiger partial charge >= 0.3 is 5.97 Å². The lowest BCUT2D eigenvalue weighted by atomic mass is 10.1. The zero-order chi connectivity index (χ0) is 15.9. The number of esters is 1. The molecule has 0 fully saturated rings. The van der Waals surface area contributed by atoms with Crippen LogP contribution in [0.15, 0.2) is 54.6 Å². The molecule has 2 aromatic carbocycles. The predicted molar refractivity (Wildman–Crippen MR) is 84.1 cm³/mol. The van der Waals surface area contributed by atoms with Crippen molar-refractivity contribution in [3.63, 3.8) is 0 Å². The van der Waals surface area contributed by atoms with Crippen molar-refractivity contribution in [3.8, 4) is 5.75 Å². The number of hydrogen-bond donors (Lipinski definition) is 0. The third-order valence-electron chi connectivity index (χ3n) is 3.13. The highest BCUT2D eigenvalue weighted by atomic mass is 16.5. The number of ether oxygens (including phenoxy) is 2. The molecular weight excluding hydrogens is 280 g/mol. The predicted octanol–water partition coefficient (Wildman–Crippen LogP) is 3.38. The molecule has 0 spiro atoms. The molecule has 0 bridgehead atoms. The molecule has 0 radical (unpaired) electrons. The standard InChI is InChI=1S/C18H16O4/c1-21-17-6-4-3-5-15(17)16(19)12-9-13-7-10-14(11-8-13)18(20)22-2/h3-12H,1-2H3/b12-9+. The van der Waals surface area contributed by atoms with Gasteiger partial charge in [0, 0.05) is 0 Å². The zero-order valence-electron chi connectivity index (χ0n) is 12.4. The summed E-state index contributed by atoms with van der Waals surface area (Å²) >= 11 is 0. The summed E-state index contributed by atoms with van der Waals surface area (Å²) in [5.74, 6) is 0.00770. The smallest absolute Gasteiger partial charge is 0.337 e. The highest BCUT2D eigenvalue weighted by molar-refractivity contribution is 6.08. The number of methoxy groups -OCH3 is 2. The van der Waals surface area contributed by atoms with E-state index in [4.69, 9.17) is 4.74 Å². The molecule has 0 aliphatic heterocycles. The van der Waals surface area contributed by atoms with Crippen LogP contribution in [0.4, 0.5) is 0 Å². The SMILES string of the molecule is COC(=O)c1ccc(/C=C/C(=O)c2ccccc2OC)cc1. The maximum atomic E-state index is 12.2. The monoisotopic (exact) mass is 296 g/mol. The number of benzene rings is 2. The molecule has 2 rings (SSSR count). The van der Waals surface area contributed by atoms with Gasteiger partial charge in [0.1, 0.15) is 5.75 Å². The van der Waals surface area contributed by atoms with Crippen molar-refractivity contribution in [2.45, 2.75) is 0 Å². The molecule has 0 heterocycles. The van der Waals surface area contributed by atoms with Gasteiger partial charge < -0.3 is 9.47 Å². The number of carbonyl (C=O) groups excluding carboxylic acids is 2. The summed E-state index contributed by atoms with van der Waals surface area (Å²) in [7, 11) is 2.86. The van der Waals surface area contributed by atoms with Crippen LogP contribution in [0.1, 0.15) is 26.3 Å². The summed E-state index contributed by atoms with van der Waals surface area (Å²) in [6, 6.07) is 13.9. The Kier molecular flexibility index (Phi) is 5.09. The summed E-state index contributed by atoms with van der Waals surface area (Å²) in [5, 5.41) is 0. The first-order valence-electron chi connectivity index (χ1n) is 6.69. The highest BCUT2D eigenvalue weighted by Crippen LogP contribution is 2.18. The molecule has 2 aromatic rings. The molecule has 0 atom stereocenters. The van der Waals surface area contributed by atoms with E-state index in [1.54, 1.807) is 48.5 Å². The average molecular weight is 296 g/mol. The van der Waals surface area contributed by atoms with Crippen LogP contribution in [0, 0.1) is 0 Å². The van der Waals surface area contributed by atoms with Crippen molar-refractivity contribution < 1.29 is 19.1 Å². The van der Waals surface area contributed by atoms with Crippen LogP contribution in [-0.4, -0.2) is 26.0 Å². The second-order valence-electron chi connectivity index (χ2n) is 4.51. The molecule has 0 aliphatic rings. The minimum Gasteiger partial charge on any atom is -0.496 e. The van der Waals surface area contributed by atoms with Gasteiger partial charge in [-0.1, -0.05) is 30.3 Å². The van der Waals surface area contributed by atoms with E-state index >= 15 is 0 Å². The molecule has 0 N–H and O–H groups in total. The van der Waals surface area contributed by atoms with Crippen molar-refractivity contribution in [2.24, 2.45) is 0 Å². The maximum Gasteiger partial charge on any atom is 0.337 e. The second-order valence-corrected chi connectivity index (χ2v) is 4.51. The van der Waals surface area contributed by atoms with Crippen molar-refractivity contribution >= 4 is 17.8 Å². The zero-order valence-corrected chi connectivity index (χ0v) is 12.4. The van der Waals surface area contributed by atoms with Crippen LogP contribution in [0.2, 0.25) is 0 Å². The van der Waals surface area contributed by atoms with E-state index in [1.807, 2.05) is 6.07 Å². The van der Waals surface area contributed by atoms with Gasteiger partial charge in [-0.15, -0.1) is 0 Å². The van der Waals surface area contributed by atoms with E-state index in [2.05, 4.69) is 4.74 Å². The largest absolute Gasteiger partial charge is 0.496 e. The van der Waals surface area contributed by atoms with Gasteiger partial charge in [-0.05, 0) is 35.9 Å². The summed E-state index contributed by atoms with van der Waals surface area (Å²) in [5.41, 5.74) is 1.79. The number of ketones is 1. The number of hydrogen-bond acceptors (Lipinski definition) is 4. The minimum atomic E-state index is -0.388. The average Bonchev–Trinajstić information content (AvgIpc) is 2.59. The quantitative estimate of drug-likeness (QED) is 0.482. The summed E-state index contributed by atoms with van der Waals surface area (Å²) in [6.07, 6.45) is 3.17. The van der Waals surface area contributed by atoms with Crippen LogP contribution < -0.4 is 4.74 Å². The molecule has 4 nitrogen and oxygen atoms in total. The van der Waals surface area contributed by atoms with E-state index < -0.39 is 0 Å². The topological polar surface area (TPSA) is 52.6 Å². The number of rotatable bonds is 5. The van der Waals surface area contributed by atoms with Gasteiger partial charge in [0.2, 0.25) is 0 Å². The van der Waals surface area contributed by atoms with Crippen molar-refractivity contribution in [1.29, 1.82) is 0 Å². The molecule has 0 unspecified atom stereocenters. The van der Waals surface area contributed by atoms with Gasteiger partial charge in [-0.3, -0.25) is 4.79 Å². The van der Waals surface area contributed by atoms with Crippen LogP contribution in [0.5, 0.6) is 5.75 Å². The fourth-order valence-corrected chi connectivity index (χ4v) is 1.96. The molecule has 0 aromatic heterocycles. The highest BCUT2D eigenvalue weighted by Gasteiger charge is 2.08. The lowest BCUT2D eigenvalue weighted by molar-refractivity contribution is 0.0600. The van der Waals surface area contributed by atoms with E-state index in [-0.39, 0.29) is 11.8 Å². The molecule has 112 valence electrons. The van der Waals surface area contributed by atoms with E-state index in [0.29, 0.717) is 16.9 Å². The molecule has 0 aliphatic carbocycles. The van der Waals surface area contributed by atoms with Gasteiger partial charge in [-0.25, -0.2) is 4.79 Å². The Morgan fingerprint density at radius 1 is 0.955 bits per heavy atom. The van der Waals surface area contributed by atoms with E-state index in [1.165, 1.54) is 20.3 Å². The van der Waals surface area contributed by atoms with E-state index in [9.17, 15) is 9.59 Å². The normalized spacial score (nSPS) is 10.5. The summed E-state index contributed by atoms with van der Waals surface area (Å²) in [4.78, 5) is 23.5. The first kappa shape index (κ1) is 15.5. The Morgan fingerprint density at radius 2 is 1.64 bits per heavy atom. The van der Waals surface area contributed by atoms with Crippen LogP contribution >= 0.6 is 0 Å². The van der Waals surface area contributed by atoms with Crippen LogP contribution in [0.25, 0.3) is 6.08 Å². The third kappa shape index (κ3) is 3.61. The third-order valence-corrected chi connectivity index (χ3v) is 3.13. The summed E-state index contributed by atoms with van der Waals surface area (Å²) in [6.45, 7) is 0.